The lowest BCUT2D eigenvalue weighted by atomic mass is 10.1. The molecule has 0 heterocycles. The number of anilines is 1. The van der Waals surface area contributed by atoms with Crippen molar-refractivity contribution in [1.82, 2.24) is 0 Å². The Kier molecular flexibility index (Phi) is 7.50. The van der Waals surface area contributed by atoms with Crippen molar-refractivity contribution in [2.45, 2.75) is 39.5 Å². The number of benzene rings is 1. The van der Waals surface area contributed by atoms with Gasteiger partial charge in [0.05, 0.1) is 12.7 Å². The Balaban J connectivity index is 2.37. The number of nitriles is 1. The topological polar surface area (TPSA) is 45.0 Å². The van der Waals surface area contributed by atoms with Gasteiger partial charge in [-0.2, -0.15) is 5.26 Å². The third-order valence-electron chi connectivity index (χ3n) is 2.97. The fourth-order valence-corrected chi connectivity index (χ4v) is 1.92. The van der Waals surface area contributed by atoms with E-state index < -0.39 is 0 Å². The predicted molar refractivity (Wildman–Crippen MR) is 79.3 cm³/mol. The van der Waals surface area contributed by atoms with E-state index in [2.05, 4.69) is 31.3 Å². The van der Waals surface area contributed by atoms with Crippen molar-refractivity contribution < 1.29 is 4.74 Å². The monoisotopic (exact) mass is 260 g/mol. The van der Waals surface area contributed by atoms with Crippen LogP contribution in [0, 0.1) is 17.2 Å². The Bertz CT molecular complexity index is 398. The number of rotatable bonds is 9. The van der Waals surface area contributed by atoms with Gasteiger partial charge in [-0.05, 0) is 30.9 Å². The molecule has 0 aromatic heterocycles. The minimum Gasteiger partial charge on any atom is -0.493 e. The zero-order valence-electron chi connectivity index (χ0n) is 12.0. The Labute approximate surface area is 116 Å². The van der Waals surface area contributed by atoms with Gasteiger partial charge in [-0.1, -0.05) is 26.3 Å². The zero-order chi connectivity index (χ0) is 13.9. The second kappa shape index (κ2) is 9.27. The van der Waals surface area contributed by atoms with Crippen LogP contribution in [0.1, 0.15) is 39.5 Å². The lowest BCUT2D eigenvalue weighted by Gasteiger charge is -2.13. The summed E-state index contributed by atoms with van der Waals surface area (Å²) >= 11 is 0. The standard InChI is InChI=1S/C16H24N2O/c1-3-7-14(2)13-18-15-8-6-9-16(12-15)19-11-5-4-10-17/h6,8-9,12,14,18H,3-5,7,11,13H2,1-2H3. The fraction of sp³-hybridized carbons (Fsp3) is 0.562. The minimum absolute atomic E-state index is 0.548. The Morgan fingerprint density at radius 1 is 1.42 bits per heavy atom. The van der Waals surface area contributed by atoms with E-state index in [9.17, 15) is 0 Å². The molecule has 0 aliphatic heterocycles. The third kappa shape index (κ3) is 6.71. The molecule has 0 aliphatic rings. The van der Waals surface area contributed by atoms with E-state index in [1.54, 1.807) is 0 Å². The van der Waals surface area contributed by atoms with E-state index >= 15 is 0 Å². The summed E-state index contributed by atoms with van der Waals surface area (Å²) in [6, 6.07) is 10.1. The molecule has 1 rings (SSSR count). The summed E-state index contributed by atoms with van der Waals surface area (Å²) in [7, 11) is 0. The molecule has 1 aromatic rings. The Morgan fingerprint density at radius 3 is 3.00 bits per heavy atom. The van der Waals surface area contributed by atoms with Gasteiger partial charge in [-0.25, -0.2) is 0 Å². The highest BCUT2D eigenvalue weighted by atomic mass is 16.5. The Morgan fingerprint density at radius 2 is 2.26 bits per heavy atom. The molecule has 1 unspecified atom stereocenters. The van der Waals surface area contributed by atoms with Crippen molar-refractivity contribution in [3.05, 3.63) is 24.3 Å². The van der Waals surface area contributed by atoms with Crippen LogP contribution in [-0.4, -0.2) is 13.2 Å². The average molecular weight is 260 g/mol. The van der Waals surface area contributed by atoms with E-state index in [1.165, 1.54) is 12.8 Å². The summed E-state index contributed by atoms with van der Waals surface area (Å²) in [6.07, 6.45) is 3.80. The summed E-state index contributed by atoms with van der Waals surface area (Å²) in [4.78, 5) is 0. The number of ether oxygens (including phenoxy) is 1. The van der Waals surface area contributed by atoms with Crippen molar-refractivity contribution in [1.29, 1.82) is 5.26 Å². The molecular formula is C16H24N2O. The van der Waals surface area contributed by atoms with Crippen LogP contribution >= 0.6 is 0 Å². The van der Waals surface area contributed by atoms with Crippen LogP contribution < -0.4 is 10.1 Å². The third-order valence-corrected chi connectivity index (χ3v) is 2.97. The molecule has 0 amide bonds. The van der Waals surface area contributed by atoms with Crippen molar-refractivity contribution in [2.75, 3.05) is 18.5 Å². The smallest absolute Gasteiger partial charge is 0.121 e. The molecule has 3 nitrogen and oxygen atoms in total. The first-order valence-corrected chi connectivity index (χ1v) is 7.10. The number of unbranched alkanes of at least 4 members (excludes halogenated alkanes) is 1. The van der Waals surface area contributed by atoms with E-state index in [-0.39, 0.29) is 0 Å². The van der Waals surface area contributed by atoms with Gasteiger partial charge in [0.1, 0.15) is 5.75 Å². The maximum atomic E-state index is 8.46. The molecule has 0 aliphatic carbocycles. The van der Waals surface area contributed by atoms with Crippen molar-refractivity contribution in [3.63, 3.8) is 0 Å². The van der Waals surface area contributed by atoms with Crippen LogP contribution in [0.25, 0.3) is 0 Å². The van der Waals surface area contributed by atoms with Gasteiger partial charge in [0.2, 0.25) is 0 Å². The molecule has 0 spiro atoms. The van der Waals surface area contributed by atoms with Gasteiger partial charge in [0.25, 0.3) is 0 Å². The summed E-state index contributed by atoms with van der Waals surface area (Å²) in [5.74, 6) is 1.55. The van der Waals surface area contributed by atoms with Crippen LogP contribution in [0.5, 0.6) is 5.75 Å². The predicted octanol–water partition coefficient (Wildman–Crippen LogP) is 4.22. The molecule has 1 atom stereocenters. The average Bonchev–Trinajstić information content (AvgIpc) is 2.42. The lowest BCUT2D eigenvalue weighted by Crippen LogP contribution is -2.11. The lowest BCUT2D eigenvalue weighted by molar-refractivity contribution is 0.313. The molecule has 1 aromatic carbocycles. The molecule has 1 N–H and O–H groups in total. The van der Waals surface area contributed by atoms with E-state index in [1.807, 2.05) is 18.2 Å². The number of nitrogens with one attached hydrogen (secondary N) is 1. The quantitative estimate of drug-likeness (QED) is 0.676. The van der Waals surface area contributed by atoms with Gasteiger partial charge < -0.3 is 10.1 Å². The van der Waals surface area contributed by atoms with Crippen molar-refractivity contribution >= 4 is 5.69 Å². The van der Waals surface area contributed by atoms with Crippen LogP contribution in [-0.2, 0) is 0 Å². The molecule has 0 radical (unpaired) electrons. The molecule has 104 valence electrons. The molecule has 0 saturated carbocycles. The second-order valence-electron chi connectivity index (χ2n) is 4.91. The van der Waals surface area contributed by atoms with E-state index in [0.717, 1.165) is 24.4 Å². The van der Waals surface area contributed by atoms with Crippen LogP contribution in [0.2, 0.25) is 0 Å². The van der Waals surface area contributed by atoms with Crippen LogP contribution in [0.3, 0.4) is 0 Å². The maximum absolute atomic E-state index is 8.46. The van der Waals surface area contributed by atoms with Gasteiger partial charge in [0.15, 0.2) is 0 Å². The highest BCUT2D eigenvalue weighted by molar-refractivity contribution is 5.48. The van der Waals surface area contributed by atoms with Crippen molar-refractivity contribution in [2.24, 2.45) is 5.92 Å². The van der Waals surface area contributed by atoms with Gasteiger partial charge in [-0.15, -0.1) is 0 Å². The number of nitrogens with zero attached hydrogens (tertiary/aromatic N) is 1. The summed E-state index contributed by atoms with van der Waals surface area (Å²) in [6.45, 7) is 6.07. The molecule has 19 heavy (non-hydrogen) atoms. The Hall–Kier alpha value is -1.69. The van der Waals surface area contributed by atoms with E-state index in [4.69, 9.17) is 10.00 Å². The number of hydrogen-bond donors (Lipinski definition) is 1. The second-order valence-corrected chi connectivity index (χ2v) is 4.91. The van der Waals surface area contributed by atoms with Crippen LogP contribution in [0.15, 0.2) is 24.3 Å². The zero-order valence-corrected chi connectivity index (χ0v) is 12.0. The normalized spacial score (nSPS) is 11.6. The first-order valence-electron chi connectivity index (χ1n) is 7.10. The molecular weight excluding hydrogens is 236 g/mol. The highest BCUT2D eigenvalue weighted by Crippen LogP contribution is 2.18. The first-order chi connectivity index (χ1) is 9.26. The summed E-state index contributed by atoms with van der Waals surface area (Å²) in [5, 5.41) is 11.9. The number of hydrogen-bond acceptors (Lipinski definition) is 3. The van der Waals surface area contributed by atoms with Crippen molar-refractivity contribution in [3.8, 4) is 11.8 Å². The van der Waals surface area contributed by atoms with Gasteiger partial charge in [0, 0.05) is 24.7 Å². The van der Waals surface area contributed by atoms with Gasteiger partial charge in [-0.3, -0.25) is 0 Å². The fourth-order valence-electron chi connectivity index (χ4n) is 1.92. The minimum atomic E-state index is 0.548. The summed E-state index contributed by atoms with van der Waals surface area (Å²) in [5.41, 5.74) is 1.10. The highest BCUT2D eigenvalue weighted by Gasteiger charge is 2.01. The maximum Gasteiger partial charge on any atom is 0.121 e. The molecule has 0 fully saturated rings. The molecule has 0 saturated heterocycles. The van der Waals surface area contributed by atoms with Crippen LogP contribution in [0.4, 0.5) is 5.69 Å². The molecule has 3 heteroatoms. The van der Waals surface area contributed by atoms with Gasteiger partial charge >= 0.3 is 0 Å². The molecule has 0 bridgehead atoms. The van der Waals surface area contributed by atoms with E-state index in [0.29, 0.717) is 18.9 Å². The first kappa shape index (κ1) is 15.4. The largest absolute Gasteiger partial charge is 0.493 e. The summed E-state index contributed by atoms with van der Waals surface area (Å²) < 4.78 is 5.61. The SMILES string of the molecule is CCCC(C)CNc1cccc(OCCCC#N)c1.